The molecule has 28 heavy (non-hydrogen) atoms. The predicted octanol–water partition coefficient (Wildman–Crippen LogP) is 2.92. The van der Waals surface area contributed by atoms with Crippen molar-refractivity contribution in [2.75, 3.05) is 24.7 Å². The third-order valence-electron chi connectivity index (χ3n) is 4.40. The number of rotatable bonds is 6. The highest BCUT2D eigenvalue weighted by atomic mass is 32.2. The highest BCUT2D eigenvalue weighted by Gasteiger charge is 2.26. The van der Waals surface area contributed by atoms with Crippen LogP contribution in [0.15, 0.2) is 53.7 Å². The zero-order valence-electron chi connectivity index (χ0n) is 15.7. The molecule has 0 bridgehead atoms. The van der Waals surface area contributed by atoms with Gasteiger partial charge in [0.2, 0.25) is 10.0 Å². The van der Waals surface area contributed by atoms with Crippen molar-refractivity contribution in [1.82, 2.24) is 14.6 Å². The van der Waals surface area contributed by atoms with E-state index >= 15 is 0 Å². The van der Waals surface area contributed by atoms with Gasteiger partial charge in [-0.2, -0.15) is 0 Å². The fraction of sp³-hybridized carbons (Fsp3) is 0.368. The van der Waals surface area contributed by atoms with Crippen molar-refractivity contribution in [2.24, 2.45) is 0 Å². The predicted molar refractivity (Wildman–Crippen MR) is 112 cm³/mol. The number of thioether (sulfide) groups is 1. The lowest BCUT2D eigenvalue weighted by atomic mass is 10.1. The molecule has 2 N–H and O–H groups in total. The van der Waals surface area contributed by atoms with E-state index in [2.05, 4.69) is 15.6 Å². The topological polar surface area (TPSA) is 91.4 Å². The molecule has 2 amide bonds. The summed E-state index contributed by atoms with van der Waals surface area (Å²) in [6, 6.07) is 12.9. The van der Waals surface area contributed by atoms with Crippen LogP contribution in [-0.2, 0) is 15.8 Å². The van der Waals surface area contributed by atoms with E-state index in [9.17, 15) is 13.2 Å². The van der Waals surface area contributed by atoms with Gasteiger partial charge in [-0.1, -0.05) is 18.2 Å². The minimum atomic E-state index is -3.23. The quantitative estimate of drug-likeness (QED) is 0.701. The average molecular weight is 421 g/mol. The lowest BCUT2D eigenvalue weighted by Crippen LogP contribution is -2.50. The smallest absolute Gasteiger partial charge is 0.319 e. The number of hydrogen-bond acceptors (Lipinski definition) is 5. The summed E-state index contributed by atoms with van der Waals surface area (Å²) in [5.41, 5.74) is 1.78. The van der Waals surface area contributed by atoms with Gasteiger partial charge < -0.3 is 10.6 Å². The fourth-order valence-electron chi connectivity index (χ4n) is 3.04. The largest absolute Gasteiger partial charge is 0.334 e. The summed E-state index contributed by atoms with van der Waals surface area (Å²) in [5.74, 6) is 0.750. The average Bonchev–Trinajstić information content (AvgIpc) is 2.67. The molecule has 1 atom stereocenters. The van der Waals surface area contributed by atoms with Crippen LogP contribution in [0.25, 0.3) is 0 Å². The van der Waals surface area contributed by atoms with Gasteiger partial charge in [0.15, 0.2) is 0 Å². The van der Waals surface area contributed by atoms with Gasteiger partial charge in [0.25, 0.3) is 0 Å². The molecule has 0 aliphatic carbocycles. The lowest BCUT2D eigenvalue weighted by Gasteiger charge is -2.31. The fourth-order valence-corrected chi connectivity index (χ4v) is 4.76. The molecule has 1 saturated heterocycles. The molecule has 9 heteroatoms. The minimum Gasteiger partial charge on any atom is -0.334 e. The number of sulfonamides is 1. The van der Waals surface area contributed by atoms with Gasteiger partial charge in [-0.15, -0.1) is 11.8 Å². The maximum Gasteiger partial charge on any atom is 0.319 e. The molecule has 1 aromatic carbocycles. The summed E-state index contributed by atoms with van der Waals surface area (Å²) >= 11 is 1.63. The van der Waals surface area contributed by atoms with E-state index in [0.29, 0.717) is 18.8 Å². The molecule has 1 aromatic heterocycles. The van der Waals surface area contributed by atoms with E-state index in [1.807, 2.05) is 42.5 Å². The van der Waals surface area contributed by atoms with Crippen molar-refractivity contribution in [3.05, 3.63) is 54.2 Å². The number of nitrogens with zero attached hydrogens (tertiary/aromatic N) is 2. The van der Waals surface area contributed by atoms with Crippen molar-refractivity contribution in [1.29, 1.82) is 0 Å². The van der Waals surface area contributed by atoms with Crippen LogP contribution in [0.4, 0.5) is 10.5 Å². The minimum absolute atomic E-state index is 0.189. The highest BCUT2D eigenvalue weighted by molar-refractivity contribution is 7.98. The number of pyridine rings is 1. The van der Waals surface area contributed by atoms with Gasteiger partial charge in [-0.05, 0) is 42.7 Å². The molecule has 7 nitrogen and oxygen atoms in total. The van der Waals surface area contributed by atoms with E-state index in [1.54, 1.807) is 18.0 Å². The summed E-state index contributed by atoms with van der Waals surface area (Å²) in [6.07, 6.45) is 4.46. The molecule has 1 aliphatic heterocycles. The molecule has 1 aliphatic rings. The molecule has 0 spiro atoms. The molecule has 2 aromatic rings. The number of anilines is 1. The Bertz CT molecular complexity index is 906. The summed E-state index contributed by atoms with van der Waals surface area (Å²) in [4.78, 5) is 16.6. The Balaban J connectivity index is 1.52. The Kier molecular flexibility index (Phi) is 6.93. The van der Waals surface area contributed by atoms with Crippen molar-refractivity contribution < 1.29 is 13.2 Å². The molecule has 1 unspecified atom stereocenters. The summed E-state index contributed by atoms with van der Waals surface area (Å²) in [5, 5.41) is 6.66. The lowest BCUT2D eigenvalue weighted by molar-refractivity contribution is 0.236. The molecular formula is C19H24N4O3S2. The molecule has 1 fully saturated rings. The number of benzene rings is 1. The standard InChI is InChI=1S/C19H24N4O3S2/c1-28(25,26)23-11-5-8-17(13-23)22-19(24)21-16-7-4-6-15(12-16)14-27-18-9-2-3-10-20-18/h2-4,6-7,9-10,12,17H,5,8,11,13-14H2,1H3,(H2,21,22,24). The molecule has 0 radical (unpaired) electrons. The van der Waals surface area contributed by atoms with Crippen LogP contribution >= 0.6 is 11.8 Å². The molecule has 2 heterocycles. The molecule has 150 valence electrons. The van der Waals surface area contributed by atoms with E-state index in [0.717, 1.165) is 29.2 Å². The highest BCUT2D eigenvalue weighted by Crippen LogP contribution is 2.22. The summed E-state index contributed by atoms with van der Waals surface area (Å²) in [6.45, 7) is 0.821. The first-order valence-corrected chi connectivity index (χ1v) is 11.9. The Hall–Kier alpha value is -2.10. The zero-order valence-corrected chi connectivity index (χ0v) is 17.3. The van der Waals surface area contributed by atoms with Crippen molar-refractivity contribution >= 4 is 33.5 Å². The van der Waals surface area contributed by atoms with E-state index in [1.165, 1.54) is 10.6 Å². The number of amides is 2. The number of carbonyl (C=O) groups is 1. The second-order valence-corrected chi connectivity index (χ2v) is 9.69. The third-order valence-corrected chi connectivity index (χ3v) is 6.68. The van der Waals surface area contributed by atoms with Crippen LogP contribution in [0.3, 0.4) is 0 Å². The zero-order chi connectivity index (χ0) is 20.0. The Morgan fingerprint density at radius 2 is 2.14 bits per heavy atom. The first-order valence-electron chi connectivity index (χ1n) is 9.05. The molecule has 0 saturated carbocycles. The summed E-state index contributed by atoms with van der Waals surface area (Å²) in [7, 11) is -3.23. The number of aromatic nitrogens is 1. The van der Waals surface area contributed by atoms with Crippen LogP contribution in [0, 0.1) is 0 Å². The normalized spacial score (nSPS) is 17.8. The Morgan fingerprint density at radius 1 is 1.29 bits per heavy atom. The number of nitrogens with one attached hydrogen (secondary N) is 2. The monoisotopic (exact) mass is 420 g/mol. The van der Waals surface area contributed by atoms with E-state index < -0.39 is 10.0 Å². The molecule has 3 rings (SSSR count). The Labute approximate surface area is 170 Å². The first kappa shape index (κ1) is 20.6. The van der Waals surface area contributed by atoms with Gasteiger partial charge in [0.05, 0.1) is 11.3 Å². The number of urea groups is 1. The summed E-state index contributed by atoms with van der Waals surface area (Å²) < 4.78 is 24.8. The van der Waals surface area contributed by atoms with Gasteiger partial charge in [-0.3, -0.25) is 0 Å². The first-order chi connectivity index (χ1) is 13.4. The second kappa shape index (κ2) is 9.40. The third kappa shape index (κ3) is 6.22. The number of piperidine rings is 1. The van der Waals surface area contributed by atoms with Crippen LogP contribution in [0.1, 0.15) is 18.4 Å². The van der Waals surface area contributed by atoms with Gasteiger partial charge in [-0.25, -0.2) is 22.5 Å². The Morgan fingerprint density at radius 3 is 2.89 bits per heavy atom. The second-order valence-electron chi connectivity index (χ2n) is 6.72. The van der Waals surface area contributed by atoms with Gasteiger partial charge in [0.1, 0.15) is 0 Å². The maximum absolute atomic E-state index is 12.3. The van der Waals surface area contributed by atoms with Gasteiger partial charge >= 0.3 is 6.03 Å². The molecular weight excluding hydrogens is 396 g/mol. The van der Waals surface area contributed by atoms with E-state index in [-0.39, 0.29) is 12.1 Å². The van der Waals surface area contributed by atoms with Crippen LogP contribution in [0.2, 0.25) is 0 Å². The maximum atomic E-state index is 12.3. The van der Waals surface area contributed by atoms with Crippen molar-refractivity contribution in [3.8, 4) is 0 Å². The number of carbonyl (C=O) groups excluding carboxylic acids is 1. The van der Waals surface area contributed by atoms with Crippen LogP contribution < -0.4 is 10.6 Å². The van der Waals surface area contributed by atoms with Gasteiger partial charge in [0, 0.05) is 36.8 Å². The van der Waals surface area contributed by atoms with Crippen LogP contribution in [-0.4, -0.2) is 49.1 Å². The number of hydrogen-bond donors (Lipinski definition) is 2. The van der Waals surface area contributed by atoms with Crippen molar-refractivity contribution in [3.63, 3.8) is 0 Å². The van der Waals surface area contributed by atoms with Crippen LogP contribution in [0.5, 0.6) is 0 Å². The SMILES string of the molecule is CS(=O)(=O)N1CCCC(NC(=O)Nc2cccc(CSc3ccccn3)c2)C1. The van der Waals surface area contributed by atoms with E-state index in [4.69, 9.17) is 0 Å². The van der Waals surface area contributed by atoms with Crippen molar-refractivity contribution in [2.45, 2.75) is 29.7 Å².